The molecule has 1 aromatic rings. The van der Waals surface area contributed by atoms with Gasteiger partial charge in [-0.3, -0.25) is 4.57 Å². The first-order chi connectivity index (χ1) is 8.04. The molecule has 0 unspecified atom stereocenters. The lowest BCUT2D eigenvalue weighted by atomic mass is 10.1. The zero-order valence-electron chi connectivity index (χ0n) is 8.80. The smallest absolute Gasteiger partial charge is 0.351 e. The third-order valence-electron chi connectivity index (χ3n) is 2.64. The van der Waals surface area contributed by atoms with Crippen LogP contribution in [-0.2, 0) is 4.74 Å². The number of hydrogen-bond acceptors (Lipinski definition) is 7. The van der Waals surface area contributed by atoms with E-state index in [1.54, 1.807) is 0 Å². The minimum absolute atomic E-state index is 0.0537. The Hall–Kier alpha value is -1.48. The Labute approximate surface area is 95.9 Å². The van der Waals surface area contributed by atoms with Gasteiger partial charge in [0.1, 0.15) is 24.1 Å². The van der Waals surface area contributed by atoms with Crippen molar-refractivity contribution in [2.45, 2.75) is 24.5 Å². The molecule has 0 radical (unpaired) electrons. The number of aliphatic hydroxyl groups is 3. The Morgan fingerprint density at radius 2 is 2.18 bits per heavy atom. The summed E-state index contributed by atoms with van der Waals surface area (Å²) in [4.78, 5) is 15.0. The Morgan fingerprint density at radius 3 is 2.71 bits per heavy atom. The van der Waals surface area contributed by atoms with E-state index in [0.717, 1.165) is 4.57 Å². The first-order valence-corrected chi connectivity index (χ1v) is 5.01. The number of aromatic nitrogens is 2. The van der Waals surface area contributed by atoms with Gasteiger partial charge in [0.25, 0.3) is 0 Å². The predicted octanol–water partition coefficient (Wildman–Crippen LogP) is -2.56. The van der Waals surface area contributed by atoms with Gasteiger partial charge in [0.05, 0.1) is 6.61 Å². The first kappa shape index (κ1) is 12.0. The van der Waals surface area contributed by atoms with Crippen LogP contribution in [0.5, 0.6) is 0 Å². The van der Waals surface area contributed by atoms with Gasteiger partial charge in [0.15, 0.2) is 6.23 Å². The highest BCUT2D eigenvalue weighted by atomic mass is 16.6. The Morgan fingerprint density at radius 1 is 1.47 bits per heavy atom. The van der Waals surface area contributed by atoms with Gasteiger partial charge in [-0.1, -0.05) is 0 Å². The molecule has 2 heterocycles. The second kappa shape index (κ2) is 4.41. The van der Waals surface area contributed by atoms with Gasteiger partial charge in [0, 0.05) is 6.20 Å². The van der Waals surface area contributed by atoms with Crippen molar-refractivity contribution in [3.05, 3.63) is 22.7 Å². The zero-order valence-corrected chi connectivity index (χ0v) is 8.80. The summed E-state index contributed by atoms with van der Waals surface area (Å²) in [6.07, 6.45) is -3.27. The molecule has 4 atom stereocenters. The molecule has 2 rings (SSSR count). The summed E-state index contributed by atoms with van der Waals surface area (Å²) in [6, 6.07) is 1.37. The summed E-state index contributed by atoms with van der Waals surface area (Å²) < 4.78 is 6.19. The van der Waals surface area contributed by atoms with E-state index in [1.807, 2.05) is 0 Å². The molecule has 1 aromatic heterocycles. The number of anilines is 1. The van der Waals surface area contributed by atoms with E-state index >= 15 is 0 Å². The normalized spacial score (nSPS) is 32.9. The van der Waals surface area contributed by atoms with Crippen molar-refractivity contribution in [1.29, 1.82) is 0 Å². The summed E-state index contributed by atoms with van der Waals surface area (Å²) in [7, 11) is 0. The van der Waals surface area contributed by atoms with Crippen LogP contribution in [0, 0.1) is 0 Å². The second-order valence-electron chi connectivity index (χ2n) is 3.77. The molecule has 1 saturated heterocycles. The minimum Gasteiger partial charge on any atom is -0.394 e. The van der Waals surface area contributed by atoms with Gasteiger partial charge in [-0.25, -0.2) is 4.79 Å². The first-order valence-electron chi connectivity index (χ1n) is 5.01. The molecule has 0 aliphatic carbocycles. The fourth-order valence-electron chi connectivity index (χ4n) is 1.73. The van der Waals surface area contributed by atoms with Crippen molar-refractivity contribution in [3.8, 4) is 0 Å². The molecule has 0 saturated carbocycles. The Balaban J connectivity index is 2.32. The molecule has 1 fully saturated rings. The quantitative estimate of drug-likeness (QED) is 0.449. The number of nitrogens with two attached hydrogens (primary N) is 1. The second-order valence-corrected chi connectivity index (χ2v) is 3.77. The Kier molecular flexibility index (Phi) is 3.11. The van der Waals surface area contributed by atoms with E-state index in [2.05, 4.69) is 4.98 Å². The molecule has 94 valence electrons. The van der Waals surface area contributed by atoms with E-state index in [9.17, 15) is 15.0 Å². The van der Waals surface area contributed by atoms with Gasteiger partial charge >= 0.3 is 5.69 Å². The van der Waals surface area contributed by atoms with Gasteiger partial charge in [-0.15, -0.1) is 0 Å². The third-order valence-corrected chi connectivity index (χ3v) is 2.64. The maximum absolute atomic E-state index is 11.5. The number of nitrogens with zero attached hydrogens (tertiary/aromatic N) is 2. The standard InChI is InChI=1S/C9H13N3O5/c10-5-1-2-12(9(16)11-5)8-7(15)6(14)4(3-13)17-8/h1-2,4,6-8,13-15H,3H2,(H2,10,11,16)/t4-,6-,7-,8-/m0/s1. The van der Waals surface area contributed by atoms with Gasteiger partial charge < -0.3 is 25.8 Å². The maximum atomic E-state index is 11.5. The average Bonchev–Trinajstić information content (AvgIpc) is 2.57. The van der Waals surface area contributed by atoms with Crippen molar-refractivity contribution in [3.63, 3.8) is 0 Å². The van der Waals surface area contributed by atoms with Gasteiger partial charge in [0.2, 0.25) is 0 Å². The molecule has 0 spiro atoms. The highest BCUT2D eigenvalue weighted by Gasteiger charge is 2.43. The van der Waals surface area contributed by atoms with Crippen molar-refractivity contribution in [1.82, 2.24) is 9.55 Å². The van der Waals surface area contributed by atoms with Crippen molar-refractivity contribution < 1.29 is 20.1 Å². The third kappa shape index (κ3) is 2.03. The summed E-state index contributed by atoms with van der Waals surface area (Å²) >= 11 is 0. The van der Waals surface area contributed by atoms with Crippen LogP contribution in [0.2, 0.25) is 0 Å². The topological polar surface area (TPSA) is 131 Å². The van der Waals surface area contributed by atoms with Crippen LogP contribution in [0.4, 0.5) is 5.82 Å². The van der Waals surface area contributed by atoms with Crippen LogP contribution < -0.4 is 11.4 Å². The lowest BCUT2D eigenvalue weighted by molar-refractivity contribution is -0.0549. The molecule has 0 aromatic carbocycles. The van der Waals surface area contributed by atoms with E-state index in [-0.39, 0.29) is 5.82 Å². The fraction of sp³-hybridized carbons (Fsp3) is 0.556. The van der Waals surface area contributed by atoms with Crippen LogP contribution in [0.1, 0.15) is 6.23 Å². The monoisotopic (exact) mass is 243 g/mol. The lowest BCUT2D eigenvalue weighted by Crippen LogP contribution is -2.36. The maximum Gasteiger partial charge on any atom is 0.351 e. The van der Waals surface area contributed by atoms with Crippen LogP contribution in [-0.4, -0.2) is 49.8 Å². The van der Waals surface area contributed by atoms with Crippen molar-refractivity contribution >= 4 is 5.82 Å². The van der Waals surface area contributed by atoms with E-state index in [1.165, 1.54) is 12.3 Å². The molecule has 0 bridgehead atoms. The largest absolute Gasteiger partial charge is 0.394 e. The molecule has 1 aliphatic heterocycles. The molecule has 0 amide bonds. The van der Waals surface area contributed by atoms with E-state index in [0.29, 0.717) is 0 Å². The highest BCUT2D eigenvalue weighted by Crippen LogP contribution is 2.27. The number of hydrogen-bond donors (Lipinski definition) is 4. The van der Waals surface area contributed by atoms with Crippen LogP contribution >= 0.6 is 0 Å². The molecular formula is C9H13N3O5. The number of rotatable bonds is 2. The van der Waals surface area contributed by atoms with Crippen LogP contribution in [0.15, 0.2) is 17.1 Å². The summed E-state index contributed by atoms with van der Waals surface area (Å²) in [5, 5.41) is 28.2. The van der Waals surface area contributed by atoms with Crippen LogP contribution in [0.3, 0.4) is 0 Å². The predicted molar refractivity (Wildman–Crippen MR) is 55.9 cm³/mol. The highest BCUT2D eigenvalue weighted by molar-refractivity contribution is 5.23. The molecule has 5 N–H and O–H groups in total. The van der Waals surface area contributed by atoms with Gasteiger partial charge in [-0.2, -0.15) is 4.98 Å². The molecular weight excluding hydrogens is 230 g/mol. The van der Waals surface area contributed by atoms with Crippen LogP contribution in [0.25, 0.3) is 0 Å². The Bertz CT molecular complexity index is 462. The molecule has 17 heavy (non-hydrogen) atoms. The minimum atomic E-state index is -1.31. The fourth-order valence-corrected chi connectivity index (χ4v) is 1.73. The summed E-state index contributed by atoms with van der Waals surface area (Å²) in [6.45, 7) is -0.453. The molecule has 8 nitrogen and oxygen atoms in total. The van der Waals surface area contributed by atoms with E-state index < -0.39 is 36.8 Å². The SMILES string of the molecule is Nc1ccn([C@H]2O[C@@H](CO)[C@H](O)[C@@H]2O)c(=O)n1. The number of aliphatic hydroxyl groups excluding tert-OH is 3. The zero-order chi connectivity index (χ0) is 12.6. The van der Waals surface area contributed by atoms with Crippen molar-refractivity contribution in [2.75, 3.05) is 12.3 Å². The van der Waals surface area contributed by atoms with E-state index in [4.69, 9.17) is 15.6 Å². The van der Waals surface area contributed by atoms with Crippen molar-refractivity contribution in [2.24, 2.45) is 0 Å². The number of ether oxygens (including phenoxy) is 1. The van der Waals surface area contributed by atoms with Gasteiger partial charge in [-0.05, 0) is 6.07 Å². The summed E-state index contributed by atoms with van der Waals surface area (Å²) in [5.41, 5.74) is 4.63. The molecule has 8 heteroatoms. The lowest BCUT2D eigenvalue weighted by Gasteiger charge is -2.16. The number of nitrogen functional groups attached to an aromatic ring is 1. The average molecular weight is 243 g/mol. The summed E-state index contributed by atoms with van der Waals surface area (Å²) in [5.74, 6) is 0.0537. The molecule has 1 aliphatic rings.